The summed E-state index contributed by atoms with van der Waals surface area (Å²) in [5.74, 6) is -0.570. The second kappa shape index (κ2) is 6.99. The van der Waals surface area contributed by atoms with E-state index >= 15 is 0 Å². The van der Waals surface area contributed by atoms with E-state index in [1.807, 2.05) is 7.05 Å². The van der Waals surface area contributed by atoms with Crippen molar-refractivity contribution in [3.8, 4) is 11.1 Å². The Hall–Kier alpha value is -2.54. The number of carbonyl (C=O) groups excluding carboxylic acids is 1. The third kappa shape index (κ3) is 3.67. The van der Waals surface area contributed by atoms with Gasteiger partial charge < -0.3 is 15.5 Å². The molecule has 1 aliphatic rings. The van der Waals surface area contributed by atoms with Gasteiger partial charge in [-0.05, 0) is 30.8 Å². The van der Waals surface area contributed by atoms with E-state index in [1.54, 1.807) is 23.1 Å². The Bertz CT molecular complexity index is 795. The van der Waals surface area contributed by atoms with Crippen molar-refractivity contribution in [2.45, 2.75) is 6.18 Å². The third-order valence-electron chi connectivity index (χ3n) is 4.64. The summed E-state index contributed by atoms with van der Waals surface area (Å²) >= 11 is 0. The maximum absolute atomic E-state index is 13.6. The molecule has 0 bridgehead atoms. The molecule has 0 radical (unpaired) electrons. The number of halogens is 3. The van der Waals surface area contributed by atoms with Gasteiger partial charge in [0.1, 0.15) is 0 Å². The van der Waals surface area contributed by atoms with E-state index in [4.69, 9.17) is 5.73 Å². The topological polar surface area (TPSA) is 49.6 Å². The zero-order valence-electron chi connectivity index (χ0n) is 14.4. The summed E-state index contributed by atoms with van der Waals surface area (Å²) in [7, 11) is 1.95. The number of piperazine rings is 1. The number of nitrogens with two attached hydrogens (primary N) is 1. The molecule has 0 aromatic heterocycles. The van der Waals surface area contributed by atoms with Gasteiger partial charge in [0.15, 0.2) is 0 Å². The van der Waals surface area contributed by atoms with Gasteiger partial charge in [-0.3, -0.25) is 4.79 Å². The second-order valence-electron chi connectivity index (χ2n) is 6.43. The number of alkyl halides is 3. The van der Waals surface area contributed by atoms with Gasteiger partial charge in [-0.1, -0.05) is 24.3 Å². The zero-order valence-corrected chi connectivity index (χ0v) is 14.4. The van der Waals surface area contributed by atoms with Gasteiger partial charge in [0, 0.05) is 37.3 Å². The Morgan fingerprint density at radius 2 is 1.62 bits per heavy atom. The van der Waals surface area contributed by atoms with E-state index in [9.17, 15) is 18.0 Å². The Morgan fingerprint density at radius 3 is 2.15 bits per heavy atom. The smallest absolute Gasteiger partial charge is 0.368 e. The summed E-state index contributed by atoms with van der Waals surface area (Å²) in [4.78, 5) is 15.1. The first kappa shape index (κ1) is 18.3. The SMILES string of the molecule is CN1CCN(c2c(-c3ccc(C(N)=O)cc3)cccc2C(F)(F)F)CC1. The molecule has 26 heavy (non-hydrogen) atoms. The molecule has 0 aliphatic carbocycles. The van der Waals surface area contributed by atoms with Crippen LogP contribution in [-0.4, -0.2) is 44.0 Å². The minimum absolute atomic E-state index is 0.194. The number of anilines is 1. The van der Waals surface area contributed by atoms with Gasteiger partial charge >= 0.3 is 6.18 Å². The van der Waals surface area contributed by atoms with E-state index < -0.39 is 17.6 Å². The monoisotopic (exact) mass is 363 g/mol. The van der Waals surface area contributed by atoms with Gasteiger partial charge in [0.05, 0.1) is 11.3 Å². The van der Waals surface area contributed by atoms with Crippen molar-refractivity contribution >= 4 is 11.6 Å². The predicted molar refractivity (Wildman–Crippen MR) is 95.1 cm³/mol. The molecule has 0 saturated carbocycles. The van der Waals surface area contributed by atoms with Gasteiger partial charge in [-0.15, -0.1) is 0 Å². The van der Waals surface area contributed by atoms with Crippen molar-refractivity contribution in [1.29, 1.82) is 0 Å². The minimum Gasteiger partial charge on any atom is -0.368 e. The molecule has 2 aromatic carbocycles. The largest absolute Gasteiger partial charge is 0.418 e. The highest BCUT2D eigenvalue weighted by Crippen LogP contribution is 2.42. The summed E-state index contributed by atoms with van der Waals surface area (Å²) in [5, 5.41) is 0. The van der Waals surface area contributed by atoms with E-state index in [-0.39, 0.29) is 5.69 Å². The number of likely N-dealkylation sites (N-methyl/N-ethyl adjacent to an activating group) is 1. The van der Waals surface area contributed by atoms with Crippen LogP contribution < -0.4 is 10.6 Å². The molecule has 2 aromatic rings. The predicted octanol–water partition coefficient (Wildman–Crippen LogP) is 3.22. The Balaban J connectivity index is 2.11. The molecule has 2 N–H and O–H groups in total. The molecule has 1 aliphatic heterocycles. The Morgan fingerprint density at radius 1 is 1.00 bits per heavy atom. The number of hydrogen-bond acceptors (Lipinski definition) is 3. The molecule has 1 saturated heterocycles. The van der Waals surface area contributed by atoms with Gasteiger partial charge in [-0.2, -0.15) is 13.2 Å². The standard InChI is InChI=1S/C19H20F3N3O/c1-24-9-11-25(12-10-24)17-15(3-2-4-16(17)19(20,21)22)13-5-7-14(8-6-13)18(23)26/h2-8H,9-12H2,1H3,(H2,23,26). The van der Waals surface area contributed by atoms with Crippen molar-refractivity contribution < 1.29 is 18.0 Å². The lowest BCUT2D eigenvalue weighted by molar-refractivity contribution is -0.137. The number of benzene rings is 2. The van der Waals surface area contributed by atoms with E-state index in [0.29, 0.717) is 42.9 Å². The quantitative estimate of drug-likeness (QED) is 0.911. The molecule has 0 atom stereocenters. The van der Waals surface area contributed by atoms with Crippen molar-refractivity contribution in [2.24, 2.45) is 5.73 Å². The molecule has 1 amide bonds. The number of primary amides is 1. The fraction of sp³-hybridized carbons (Fsp3) is 0.316. The third-order valence-corrected chi connectivity index (χ3v) is 4.64. The number of hydrogen-bond donors (Lipinski definition) is 1. The maximum atomic E-state index is 13.6. The van der Waals surface area contributed by atoms with Crippen LogP contribution in [0.4, 0.5) is 18.9 Å². The van der Waals surface area contributed by atoms with E-state index in [1.165, 1.54) is 18.2 Å². The van der Waals surface area contributed by atoms with Crippen LogP contribution in [0.25, 0.3) is 11.1 Å². The van der Waals surface area contributed by atoms with E-state index in [2.05, 4.69) is 4.90 Å². The van der Waals surface area contributed by atoms with Crippen LogP contribution >= 0.6 is 0 Å². The first-order valence-electron chi connectivity index (χ1n) is 8.31. The van der Waals surface area contributed by atoms with Gasteiger partial charge in [0.25, 0.3) is 0 Å². The van der Waals surface area contributed by atoms with Crippen molar-refractivity contribution in [1.82, 2.24) is 4.90 Å². The second-order valence-corrected chi connectivity index (χ2v) is 6.43. The maximum Gasteiger partial charge on any atom is 0.418 e. The van der Waals surface area contributed by atoms with Crippen LogP contribution in [0.2, 0.25) is 0 Å². The van der Waals surface area contributed by atoms with Crippen molar-refractivity contribution in [2.75, 3.05) is 38.1 Å². The Labute approximate surface area is 150 Å². The molecule has 0 spiro atoms. The Kier molecular flexibility index (Phi) is 4.91. The number of amides is 1. The first-order chi connectivity index (χ1) is 12.3. The molecular weight excluding hydrogens is 343 g/mol. The fourth-order valence-electron chi connectivity index (χ4n) is 3.19. The van der Waals surface area contributed by atoms with E-state index in [0.717, 1.165) is 6.07 Å². The summed E-state index contributed by atoms with van der Waals surface area (Å²) in [5.41, 5.74) is 6.24. The fourth-order valence-corrected chi connectivity index (χ4v) is 3.19. The lowest BCUT2D eigenvalue weighted by Crippen LogP contribution is -2.45. The van der Waals surface area contributed by atoms with Gasteiger partial charge in [-0.25, -0.2) is 0 Å². The van der Waals surface area contributed by atoms with Crippen LogP contribution in [-0.2, 0) is 6.18 Å². The highest BCUT2D eigenvalue weighted by Gasteiger charge is 2.36. The van der Waals surface area contributed by atoms with Gasteiger partial charge in [0.2, 0.25) is 5.91 Å². The molecule has 1 fully saturated rings. The molecule has 4 nitrogen and oxygen atoms in total. The van der Waals surface area contributed by atoms with Crippen LogP contribution in [0.3, 0.4) is 0 Å². The lowest BCUT2D eigenvalue weighted by atomic mass is 9.97. The van der Waals surface area contributed by atoms with Crippen LogP contribution in [0.15, 0.2) is 42.5 Å². The average Bonchev–Trinajstić information content (AvgIpc) is 2.61. The average molecular weight is 363 g/mol. The molecule has 7 heteroatoms. The number of rotatable bonds is 3. The lowest BCUT2D eigenvalue weighted by Gasteiger charge is -2.36. The molecule has 0 unspecified atom stereocenters. The summed E-state index contributed by atoms with van der Waals surface area (Å²) in [6.45, 7) is 2.45. The van der Waals surface area contributed by atoms with Crippen LogP contribution in [0.5, 0.6) is 0 Å². The molecule has 3 rings (SSSR count). The van der Waals surface area contributed by atoms with Crippen molar-refractivity contribution in [3.63, 3.8) is 0 Å². The van der Waals surface area contributed by atoms with Crippen molar-refractivity contribution in [3.05, 3.63) is 53.6 Å². The number of para-hydroxylation sites is 1. The normalized spacial score (nSPS) is 15.9. The highest BCUT2D eigenvalue weighted by atomic mass is 19.4. The van der Waals surface area contributed by atoms with Crippen LogP contribution in [0, 0.1) is 0 Å². The molecule has 138 valence electrons. The summed E-state index contributed by atoms with van der Waals surface area (Å²) in [6, 6.07) is 10.6. The minimum atomic E-state index is -4.44. The molecule has 1 heterocycles. The zero-order chi connectivity index (χ0) is 18.9. The molecular formula is C19H20F3N3O. The summed E-state index contributed by atoms with van der Waals surface area (Å²) in [6.07, 6.45) is -4.44. The number of nitrogens with zero attached hydrogens (tertiary/aromatic N) is 2. The van der Waals surface area contributed by atoms with Crippen LogP contribution in [0.1, 0.15) is 15.9 Å². The first-order valence-corrected chi connectivity index (χ1v) is 8.31. The summed E-state index contributed by atoms with van der Waals surface area (Å²) < 4.78 is 40.9. The highest BCUT2D eigenvalue weighted by molar-refractivity contribution is 5.93. The number of carbonyl (C=O) groups is 1.